The smallest absolute Gasteiger partial charge is 0.207 e. The van der Waals surface area contributed by atoms with Crippen molar-refractivity contribution in [2.75, 3.05) is 11.9 Å². The van der Waals surface area contributed by atoms with Gasteiger partial charge in [0, 0.05) is 17.9 Å². The monoisotopic (exact) mass is 363 g/mol. The molecule has 0 amide bonds. The summed E-state index contributed by atoms with van der Waals surface area (Å²) in [6, 6.07) is 2.65. The fraction of sp³-hybridized carbons (Fsp3) is 0.571. The molecule has 112 valence electrons. The standard InChI is InChI=1S/C14H19BrFNO2S/c1-10-8-12(16)9-11(2)14(10)20(18,19)17(7-6-15)13-4-3-5-13/h8-9,13H,3-7H2,1-2H3. The second-order valence-electron chi connectivity index (χ2n) is 5.26. The molecule has 0 aliphatic heterocycles. The van der Waals surface area contributed by atoms with E-state index in [4.69, 9.17) is 0 Å². The lowest BCUT2D eigenvalue weighted by Gasteiger charge is -2.36. The molecule has 0 atom stereocenters. The molecule has 0 radical (unpaired) electrons. The molecular formula is C14H19BrFNO2S. The van der Waals surface area contributed by atoms with Crippen molar-refractivity contribution < 1.29 is 12.8 Å². The minimum absolute atomic E-state index is 0.0846. The van der Waals surface area contributed by atoms with Gasteiger partial charge in [0.2, 0.25) is 10.0 Å². The SMILES string of the molecule is Cc1cc(F)cc(C)c1S(=O)(=O)N(CCBr)C1CCC1. The van der Waals surface area contributed by atoms with Crippen LogP contribution in [0.5, 0.6) is 0 Å². The third-order valence-corrected chi connectivity index (χ3v) is 6.39. The van der Waals surface area contributed by atoms with Gasteiger partial charge in [-0.25, -0.2) is 12.8 Å². The van der Waals surface area contributed by atoms with E-state index in [0.717, 1.165) is 19.3 Å². The van der Waals surface area contributed by atoms with Crippen molar-refractivity contribution in [2.24, 2.45) is 0 Å². The third kappa shape index (κ3) is 2.92. The van der Waals surface area contributed by atoms with Crippen LogP contribution < -0.4 is 0 Å². The number of rotatable bonds is 5. The van der Waals surface area contributed by atoms with E-state index in [1.54, 1.807) is 18.2 Å². The van der Waals surface area contributed by atoms with Crippen LogP contribution in [0.2, 0.25) is 0 Å². The van der Waals surface area contributed by atoms with Gasteiger partial charge < -0.3 is 0 Å². The average Bonchev–Trinajstić information content (AvgIpc) is 2.23. The van der Waals surface area contributed by atoms with E-state index in [0.29, 0.717) is 23.0 Å². The first-order chi connectivity index (χ1) is 9.37. The summed E-state index contributed by atoms with van der Waals surface area (Å²) in [5, 5.41) is 0.599. The summed E-state index contributed by atoms with van der Waals surface area (Å²) in [6.07, 6.45) is 2.89. The molecule has 2 rings (SSSR count). The summed E-state index contributed by atoms with van der Waals surface area (Å²) < 4.78 is 40.7. The Hall–Kier alpha value is -0.460. The molecule has 1 aliphatic carbocycles. The third-order valence-electron chi connectivity index (χ3n) is 3.78. The number of nitrogens with zero attached hydrogens (tertiary/aromatic N) is 1. The topological polar surface area (TPSA) is 37.4 Å². The first-order valence-corrected chi connectivity index (χ1v) is 9.28. The van der Waals surface area contributed by atoms with Crippen molar-refractivity contribution in [2.45, 2.75) is 44.0 Å². The van der Waals surface area contributed by atoms with Gasteiger partial charge in [-0.05, 0) is 49.9 Å². The first kappa shape index (κ1) is 15.9. The van der Waals surface area contributed by atoms with Crippen LogP contribution in [0.4, 0.5) is 4.39 Å². The summed E-state index contributed by atoms with van der Waals surface area (Å²) in [4.78, 5) is 0.256. The Morgan fingerprint density at radius 1 is 1.30 bits per heavy atom. The van der Waals surface area contributed by atoms with E-state index in [1.165, 1.54) is 12.1 Å². The van der Waals surface area contributed by atoms with Crippen molar-refractivity contribution in [3.8, 4) is 0 Å². The Morgan fingerprint density at radius 3 is 2.25 bits per heavy atom. The van der Waals surface area contributed by atoms with Crippen LogP contribution in [0.25, 0.3) is 0 Å². The molecular weight excluding hydrogens is 345 g/mol. The number of halogens is 2. The van der Waals surface area contributed by atoms with Crippen LogP contribution >= 0.6 is 15.9 Å². The highest BCUT2D eigenvalue weighted by Crippen LogP contribution is 2.32. The van der Waals surface area contributed by atoms with Gasteiger partial charge in [-0.1, -0.05) is 22.4 Å². The zero-order valence-corrected chi connectivity index (χ0v) is 14.1. The molecule has 3 nitrogen and oxygen atoms in total. The fourth-order valence-corrected chi connectivity index (χ4v) is 5.40. The Morgan fingerprint density at radius 2 is 1.85 bits per heavy atom. The van der Waals surface area contributed by atoms with E-state index in [2.05, 4.69) is 15.9 Å². The van der Waals surface area contributed by atoms with Crippen molar-refractivity contribution in [1.82, 2.24) is 4.31 Å². The molecule has 0 spiro atoms. The lowest BCUT2D eigenvalue weighted by atomic mass is 9.93. The summed E-state index contributed by atoms with van der Waals surface area (Å²) in [7, 11) is -3.56. The zero-order chi connectivity index (χ0) is 14.9. The zero-order valence-electron chi connectivity index (χ0n) is 11.7. The van der Waals surface area contributed by atoms with Crippen molar-refractivity contribution in [3.63, 3.8) is 0 Å². The van der Waals surface area contributed by atoms with Gasteiger partial charge in [-0.15, -0.1) is 0 Å². The minimum atomic E-state index is -3.56. The molecule has 6 heteroatoms. The molecule has 0 unspecified atom stereocenters. The normalized spacial score (nSPS) is 16.4. The highest BCUT2D eigenvalue weighted by atomic mass is 79.9. The minimum Gasteiger partial charge on any atom is -0.207 e. The van der Waals surface area contributed by atoms with Crippen LogP contribution in [0.3, 0.4) is 0 Å². The van der Waals surface area contributed by atoms with Crippen LogP contribution in [0.1, 0.15) is 30.4 Å². The highest BCUT2D eigenvalue weighted by Gasteiger charge is 2.35. The Balaban J connectivity index is 2.47. The lowest BCUT2D eigenvalue weighted by Crippen LogP contribution is -2.45. The molecule has 0 heterocycles. The Bertz CT molecular complexity index is 576. The van der Waals surface area contributed by atoms with Crippen molar-refractivity contribution in [3.05, 3.63) is 29.1 Å². The van der Waals surface area contributed by atoms with E-state index in [9.17, 15) is 12.8 Å². The molecule has 0 aromatic heterocycles. The van der Waals surface area contributed by atoms with Crippen LogP contribution in [0, 0.1) is 19.7 Å². The molecule has 1 fully saturated rings. The summed E-state index contributed by atoms with van der Waals surface area (Å²) in [5.74, 6) is -0.394. The molecule has 0 bridgehead atoms. The fourth-order valence-electron chi connectivity index (χ4n) is 2.68. The maximum absolute atomic E-state index is 13.4. The van der Waals surface area contributed by atoms with E-state index in [1.807, 2.05) is 0 Å². The lowest BCUT2D eigenvalue weighted by molar-refractivity contribution is 0.228. The van der Waals surface area contributed by atoms with Crippen molar-refractivity contribution >= 4 is 26.0 Å². The van der Waals surface area contributed by atoms with E-state index < -0.39 is 15.8 Å². The van der Waals surface area contributed by atoms with Gasteiger partial charge in [0.1, 0.15) is 5.82 Å². The number of hydrogen-bond acceptors (Lipinski definition) is 2. The van der Waals surface area contributed by atoms with Crippen molar-refractivity contribution in [1.29, 1.82) is 0 Å². The second-order valence-corrected chi connectivity index (χ2v) is 7.88. The molecule has 1 aromatic carbocycles. The second kappa shape index (κ2) is 6.12. The van der Waals surface area contributed by atoms with Gasteiger partial charge in [-0.3, -0.25) is 0 Å². The quantitative estimate of drug-likeness (QED) is 0.752. The summed E-state index contributed by atoms with van der Waals surface area (Å²) in [6.45, 7) is 3.75. The number of hydrogen-bond donors (Lipinski definition) is 0. The predicted molar refractivity (Wildman–Crippen MR) is 81.2 cm³/mol. The predicted octanol–water partition coefficient (Wildman–Crippen LogP) is 3.38. The molecule has 0 N–H and O–H groups in total. The number of alkyl halides is 1. The van der Waals surface area contributed by atoms with Gasteiger partial charge in [-0.2, -0.15) is 4.31 Å². The molecule has 1 saturated carbocycles. The van der Waals surface area contributed by atoms with Crippen LogP contribution in [0.15, 0.2) is 17.0 Å². The van der Waals surface area contributed by atoms with E-state index in [-0.39, 0.29) is 10.9 Å². The van der Waals surface area contributed by atoms with Crippen LogP contribution in [-0.4, -0.2) is 30.6 Å². The average molecular weight is 364 g/mol. The van der Waals surface area contributed by atoms with Gasteiger partial charge in [0.25, 0.3) is 0 Å². The Labute approximate surface area is 128 Å². The molecule has 1 aliphatic rings. The Kier molecular flexibility index (Phi) is 4.87. The number of aryl methyl sites for hydroxylation is 2. The van der Waals surface area contributed by atoms with E-state index >= 15 is 0 Å². The van der Waals surface area contributed by atoms with Gasteiger partial charge >= 0.3 is 0 Å². The first-order valence-electron chi connectivity index (χ1n) is 6.72. The highest BCUT2D eigenvalue weighted by molar-refractivity contribution is 9.09. The maximum atomic E-state index is 13.4. The largest absolute Gasteiger partial charge is 0.243 e. The maximum Gasteiger partial charge on any atom is 0.243 e. The summed E-state index contributed by atoms with van der Waals surface area (Å²) in [5.41, 5.74) is 0.947. The molecule has 20 heavy (non-hydrogen) atoms. The number of sulfonamides is 1. The van der Waals surface area contributed by atoms with Gasteiger partial charge in [0.05, 0.1) is 4.90 Å². The molecule has 0 saturated heterocycles. The number of benzene rings is 1. The molecule has 1 aromatic rings. The van der Waals surface area contributed by atoms with Crippen LogP contribution in [-0.2, 0) is 10.0 Å². The summed E-state index contributed by atoms with van der Waals surface area (Å²) >= 11 is 3.32. The van der Waals surface area contributed by atoms with Gasteiger partial charge in [0.15, 0.2) is 0 Å².